The number of esters is 1. The number of ether oxygens (including phenoxy) is 1. The van der Waals surface area contributed by atoms with Gasteiger partial charge in [-0.2, -0.15) is 0 Å². The second kappa shape index (κ2) is 5.02. The van der Waals surface area contributed by atoms with Crippen molar-refractivity contribution in [2.45, 2.75) is 32.0 Å². The van der Waals surface area contributed by atoms with Gasteiger partial charge < -0.3 is 14.4 Å². The molecule has 4 heterocycles. The van der Waals surface area contributed by atoms with E-state index in [9.17, 15) is 14.7 Å². The number of carbonyl (C=O) groups is 1. The number of nitrogens with zero attached hydrogens (tertiary/aromatic N) is 2. The molecule has 6 heteroatoms. The highest BCUT2D eigenvalue weighted by atomic mass is 16.6. The number of cyclic esters (lactones) is 1. The van der Waals surface area contributed by atoms with Gasteiger partial charge in [-0.1, -0.05) is 25.1 Å². The van der Waals surface area contributed by atoms with Crippen LogP contribution in [0, 0.1) is 0 Å². The van der Waals surface area contributed by atoms with E-state index in [2.05, 4.69) is 4.98 Å². The van der Waals surface area contributed by atoms with Crippen LogP contribution in [0.15, 0.2) is 41.2 Å². The molecule has 0 spiro atoms. The van der Waals surface area contributed by atoms with Crippen molar-refractivity contribution in [2.24, 2.45) is 0 Å². The molecule has 0 fully saturated rings. The number of hydrogen-bond donors (Lipinski definition) is 1. The summed E-state index contributed by atoms with van der Waals surface area (Å²) in [5.74, 6) is -1.45. The Kier molecular flexibility index (Phi) is 2.10. The lowest BCUT2D eigenvalue weighted by Gasteiger charge is -2.31. The molecule has 26 heavy (non-hydrogen) atoms. The van der Waals surface area contributed by atoms with Crippen LogP contribution in [0.25, 0.3) is 22.3 Å². The number of aliphatic hydroxyl groups is 1. The molecule has 1 atom stereocenters. The van der Waals surface area contributed by atoms with E-state index in [-0.39, 0.29) is 17.8 Å². The number of pyridine rings is 2. The Morgan fingerprint density at radius 3 is 3.08 bits per heavy atom. The van der Waals surface area contributed by atoms with E-state index in [0.717, 1.165) is 10.9 Å². The minimum absolute atomic E-state index is 0.156. The van der Waals surface area contributed by atoms with Crippen molar-refractivity contribution in [3.8, 4) is 11.4 Å². The largest absolute Gasteiger partial charge is 0.458 e. The average molecular weight is 353 g/mol. The van der Waals surface area contributed by atoms with Crippen molar-refractivity contribution in [3.63, 3.8) is 0 Å². The molecule has 5 rings (SSSR count). The lowest BCUT2D eigenvalue weighted by Crippen LogP contribution is -2.44. The average Bonchev–Trinajstić information content (AvgIpc) is 3.06. The van der Waals surface area contributed by atoms with Crippen molar-refractivity contribution in [2.75, 3.05) is 0 Å². The highest BCUT2D eigenvalue weighted by Gasteiger charge is 2.45. The minimum Gasteiger partial charge on any atom is -0.458 e. The van der Waals surface area contributed by atoms with Crippen molar-refractivity contribution < 1.29 is 21.5 Å². The molecule has 0 saturated heterocycles. The molecule has 3 aromatic rings. The van der Waals surface area contributed by atoms with Gasteiger partial charge in [-0.25, -0.2) is 9.78 Å². The number of fused-ring (bicyclic) bond motifs is 5. The summed E-state index contributed by atoms with van der Waals surface area (Å²) in [4.78, 5) is 30.3. The molecule has 2 aliphatic rings. The molecule has 0 amide bonds. The van der Waals surface area contributed by atoms with Gasteiger partial charge in [0.1, 0.15) is 6.61 Å². The quantitative estimate of drug-likeness (QED) is 0.530. The van der Waals surface area contributed by atoms with Crippen LogP contribution in [-0.4, -0.2) is 20.6 Å². The maximum atomic E-state index is 13.2. The number of rotatable bonds is 1. The van der Waals surface area contributed by atoms with Crippen LogP contribution in [0.5, 0.6) is 0 Å². The van der Waals surface area contributed by atoms with Gasteiger partial charge in [-0.05, 0) is 24.6 Å². The SMILES string of the molecule is [2H]C([2H])([2H])C([2H])([2H])[C@]1(O)C(=O)OCc2c1cc1n(c2=O)Cc2cc3ccccc3nc2-1. The highest BCUT2D eigenvalue weighted by Crippen LogP contribution is 2.38. The Morgan fingerprint density at radius 2 is 2.23 bits per heavy atom. The first-order chi connectivity index (χ1) is 14.5. The van der Waals surface area contributed by atoms with Gasteiger partial charge in [0, 0.05) is 23.4 Å². The Labute approximate surface area is 155 Å². The van der Waals surface area contributed by atoms with Crippen LogP contribution in [0.1, 0.15) is 36.8 Å². The Balaban J connectivity index is 1.81. The van der Waals surface area contributed by atoms with Crippen LogP contribution in [0.4, 0.5) is 0 Å². The molecule has 0 saturated carbocycles. The predicted octanol–water partition coefficient (Wildman–Crippen LogP) is 2.08. The molecular formula is C20H16N2O4. The molecule has 130 valence electrons. The summed E-state index contributed by atoms with van der Waals surface area (Å²) in [7, 11) is 0. The van der Waals surface area contributed by atoms with E-state index < -0.39 is 42.5 Å². The zero-order valence-electron chi connectivity index (χ0n) is 18.4. The van der Waals surface area contributed by atoms with Gasteiger partial charge in [0.25, 0.3) is 5.56 Å². The van der Waals surface area contributed by atoms with Crippen LogP contribution in [-0.2, 0) is 28.3 Å². The van der Waals surface area contributed by atoms with Crippen LogP contribution >= 0.6 is 0 Å². The molecule has 1 N–H and O–H groups in total. The van der Waals surface area contributed by atoms with Gasteiger partial charge in [0.05, 0.1) is 29.0 Å². The number of hydrogen-bond acceptors (Lipinski definition) is 5. The summed E-state index contributed by atoms with van der Waals surface area (Å²) in [5, 5.41) is 12.0. The Bertz CT molecular complexity index is 1350. The van der Waals surface area contributed by atoms with E-state index >= 15 is 0 Å². The number of para-hydroxylation sites is 1. The molecule has 2 aromatic heterocycles. The first kappa shape index (κ1) is 10.9. The summed E-state index contributed by atoms with van der Waals surface area (Å²) >= 11 is 0. The standard InChI is InChI=1S/C20H16N2O4/c1-2-20(25)14-8-16-17-12(7-11-5-3-4-6-15(11)21-17)9-22(16)18(23)13(14)10-26-19(20)24/h3-8,25H,2,9-10H2,1H3/t20-/m1/s1/i1D3,2D2. The fourth-order valence-corrected chi connectivity index (χ4v) is 3.65. The number of carbonyl (C=O) groups excluding carboxylic acids is 1. The zero-order chi connectivity index (χ0) is 22.3. The normalized spacial score (nSPS) is 24.3. The molecule has 0 radical (unpaired) electrons. The van der Waals surface area contributed by atoms with Gasteiger partial charge in [0.2, 0.25) is 0 Å². The summed E-state index contributed by atoms with van der Waals surface area (Å²) in [6.45, 7) is -3.65. The third-order valence-electron chi connectivity index (χ3n) is 4.99. The van der Waals surface area contributed by atoms with E-state index in [1.165, 1.54) is 10.6 Å². The van der Waals surface area contributed by atoms with Gasteiger partial charge in [-0.3, -0.25) is 4.79 Å². The smallest absolute Gasteiger partial charge is 0.343 e. The lowest BCUT2D eigenvalue weighted by atomic mass is 9.86. The highest BCUT2D eigenvalue weighted by molar-refractivity contribution is 5.86. The molecule has 0 aliphatic carbocycles. The topological polar surface area (TPSA) is 81.4 Å². The fraction of sp³-hybridized carbons (Fsp3) is 0.250. The van der Waals surface area contributed by atoms with Crippen LogP contribution in [0.2, 0.25) is 0 Å². The molecule has 0 unspecified atom stereocenters. The monoisotopic (exact) mass is 353 g/mol. The summed E-state index contributed by atoms with van der Waals surface area (Å²) in [6.07, 6.45) is -3.41. The predicted molar refractivity (Wildman–Crippen MR) is 94.5 cm³/mol. The van der Waals surface area contributed by atoms with Crippen molar-refractivity contribution in [3.05, 3.63) is 63.4 Å². The van der Waals surface area contributed by atoms with Gasteiger partial charge >= 0.3 is 5.97 Å². The lowest BCUT2D eigenvalue weighted by molar-refractivity contribution is -0.172. The minimum atomic E-state index is -3.41. The van der Waals surface area contributed by atoms with E-state index in [1.54, 1.807) is 6.07 Å². The second-order valence-electron chi connectivity index (χ2n) is 6.41. The summed E-state index contributed by atoms with van der Waals surface area (Å²) in [5.41, 5.74) is -2.18. The zero-order valence-corrected chi connectivity index (χ0v) is 13.4. The van der Waals surface area contributed by atoms with Crippen molar-refractivity contribution in [1.82, 2.24) is 9.55 Å². The molecular weight excluding hydrogens is 332 g/mol. The number of aromatic nitrogens is 2. The first-order valence-electron chi connectivity index (χ1n) is 10.5. The molecule has 0 bridgehead atoms. The first-order valence-corrected chi connectivity index (χ1v) is 8.02. The van der Waals surface area contributed by atoms with Gasteiger partial charge in [0.15, 0.2) is 5.60 Å². The van der Waals surface area contributed by atoms with Crippen LogP contribution in [0.3, 0.4) is 0 Å². The Morgan fingerprint density at radius 1 is 1.38 bits per heavy atom. The fourth-order valence-electron chi connectivity index (χ4n) is 3.65. The second-order valence-corrected chi connectivity index (χ2v) is 6.41. The van der Waals surface area contributed by atoms with Gasteiger partial charge in [-0.15, -0.1) is 0 Å². The van der Waals surface area contributed by atoms with Crippen LogP contribution < -0.4 is 5.56 Å². The van der Waals surface area contributed by atoms with E-state index in [1.807, 2.05) is 24.3 Å². The third-order valence-corrected chi connectivity index (χ3v) is 4.99. The van der Waals surface area contributed by atoms with Crippen molar-refractivity contribution >= 4 is 16.9 Å². The molecule has 2 aliphatic heterocycles. The van der Waals surface area contributed by atoms with E-state index in [0.29, 0.717) is 11.2 Å². The summed E-state index contributed by atoms with van der Waals surface area (Å²) < 4.78 is 45.0. The Hall–Kier alpha value is -2.99. The maximum absolute atomic E-state index is 13.2. The third kappa shape index (κ3) is 1.82. The van der Waals surface area contributed by atoms with E-state index in [4.69, 9.17) is 11.6 Å². The number of benzene rings is 1. The summed E-state index contributed by atoms with van der Waals surface area (Å²) in [6, 6.07) is 10.5. The molecule has 1 aromatic carbocycles. The van der Waals surface area contributed by atoms with Crippen molar-refractivity contribution in [1.29, 1.82) is 0 Å². The maximum Gasteiger partial charge on any atom is 0.343 e. The molecule has 6 nitrogen and oxygen atoms in total.